The molecule has 16 heavy (non-hydrogen) atoms. The van der Waals surface area contributed by atoms with Crippen LogP contribution in [0, 0.1) is 6.42 Å². The van der Waals surface area contributed by atoms with Crippen LogP contribution in [0.2, 0.25) is 0 Å². The maximum Gasteiger partial charge on any atom is 0.222 e. The fourth-order valence-electron chi connectivity index (χ4n) is 2.05. The van der Waals surface area contributed by atoms with Crippen molar-refractivity contribution in [1.29, 1.82) is 0 Å². The van der Waals surface area contributed by atoms with Crippen molar-refractivity contribution in [3.8, 4) is 0 Å². The average molecular weight is 216 g/mol. The lowest BCUT2D eigenvalue weighted by Gasteiger charge is -2.26. The van der Waals surface area contributed by atoms with Gasteiger partial charge in [-0.05, 0) is 31.2 Å². The molecular formula is C14H18NO. The van der Waals surface area contributed by atoms with Crippen molar-refractivity contribution in [3.63, 3.8) is 0 Å². The summed E-state index contributed by atoms with van der Waals surface area (Å²) < 4.78 is 0. The normalized spacial score (nSPS) is 16.1. The highest BCUT2D eigenvalue weighted by atomic mass is 16.2. The molecule has 0 spiro atoms. The molecular weight excluding hydrogens is 198 g/mol. The van der Waals surface area contributed by atoms with E-state index in [0.29, 0.717) is 12.3 Å². The fraction of sp³-hybridized carbons (Fsp3) is 0.429. The van der Waals surface area contributed by atoms with E-state index < -0.39 is 0 Å². The van der Waals surface area contributed by atoms with E-state index in [0.717, 1.165) is 32.4 Å². The monoisotopic (exact) mass is 216 g/mol. The number of carbonyl (C=O) groups excluding carboxylic acids is 1. The Bertz CT molecular complexity index is 328. The summed E-state index contributed by atoms with van der Waals surface area (Å²) >= 11 is 0. The zero-order valence-electron chi connectivity index (χ0n) is 9.56. The van der Waals surface area contributed by atoms with Crippen LogP contribution in [0.3, 0.4) is 0 Å². The Morgan fingerprint density at radius 2 is 2.06 bits per heavy atom. The highest BCUT2D eigenvalue weighted by Gasteiger charge is 2.15. The summed E-state index contributed by atoms with van der Waals surface area (Å²) in [6.07, 6.45) is 5.97. The lowest BCUT2D eigenvalue weighted by atomic mass is 10.1. The topological polar surface area (TPSA) is 20.3 Å². The minimum absolute atomic E-state index is 0.291. The first-order valence-corrected chi connectivity index (χ1v) is 5.99. The van der Waals surface area contributed by atoms with Gasteiger partial charge in [0, 0.05) is 19.5 Å². The van der Waals surface area contributed by atoms with Gasteiger partial charge >= 0.3 is 0 Å². The first-order chi connectivity index (χ1) is 7.86. The highest BCUT2D eigenvalue weighted by Crippen LogP contribution is 2.10. The molecule has 2 rings (SSSR count). The summed E-state index contributed by atoms with van der Waals surface area (Å²) in [5, 5.41) is 0. The van der Waals surface area contributed by atoms with E-state index >= 15 is 0 Å². The summed E-state index contributed by atoms with van der Waals surface area (Å²) in [5.74, 6) is 0.291. The molecule has 2 nitrogen and oxygen atoms in total. The first-order valence-electron chi connectivity index (χ1n) is 5.99. The third-order valence-electron chi connectivity index (χ3n) is 3.01. The summed E-state index contributed by atoms with van der Waals surface area (Å²) in [7, 11) is 0. The molecule has 1 aliphatic rings. The quantitative estimate of drug-likeness (QED) is 0.760. The minimum Gasteiger partial charge on any atom is -0.342 e. The molecule has 1 aliphatic heterocycles. The molecule has 2 heteroatoms. The molecule has 0 saturated carbocycles. The van der Waals surface area contributed by atoms with Crippen molar-refractivity contribution in [1.82, 2.24) is 4.90 Å². The molecule has 0 bridgehead atoms. The maximum absolute atomic E-state index is 11.9. The van der Waals surface area contributed by atoms with Crippen molar-refractivity contribution in [3.05, 3.63) is 42.3 Å². The molecule has 85 valence electrons. The molecule has 1 aromatic carbocycles. The molecule has 1 saturated heterocycles. The van der Waals surface area contributed by atoms with E-state index in [1.54, 1.807) is 0 Å². The second-order valence-corrected chi connectivity index (χ2v) is 4.26. The molecule has 1 fully saturated rings. The van der Waals surface area contributed by atoms with E-state index in [2.05, 4.69) is 18.6 Å². The largest absolute Gasteiger partial charge is 0.342 e. The van der Waals surface area contributed by atoms with Crippen molar-refractivity contribution in [2.75, 3.05) is 13.1 Å². The number of piperidine rings is 1. The van der Waals surface area contributed by atoms with Crippen LogP contribution in [0.5, 0.6) is 0 Å². The van der Waals surface area contributed by atoms with Gasteiger partial charge in [-0.2, -0.15) is 0 Å². The Kier molecular flexibility index (Phi) is 3.97. The molecule has 0 aromatic heterocycles. The van der Waals surface area contributed by atoms with Crippen LogP contribution in [-0.2, 0) is 11.2 Å². The van der Waals surface area contributed by atoms with Crippen LogP contribution in [0.1, 0.15) is 24.8 Å². The third kappa shape index (κ3) is 3.09. The molecule has 1 radical (unpaired) electrons. The number of rotatable bonds is 3. The van der Waals surface area contributed by atoms with Crippen LogP contribution in [0.15, 0.2) is 30.3 Å². The van der Waals surface area contributed by atoms with E-state index in [1.807, 2.05) is 23.1 Å². The van der Waals surface area contributed by atoms with E-state index in [1.165, 1.54) is 5.56 Å². The minimum atomic E-state index is 0.291. The Morgan fingerprint density at radius 1 is 1.25 bits per heavy atom. The van der Waals surface area contributed by atoms with Gasteiger partial charge in [0.15, 0.2) is 0 Å². The molecule has 0 aliphatic carbocycles. The second-order valence-electron chi connectivity index (χ2n) is 4.26. The molecule has 0 atom stereocenters. The van der Waals surface area contributed by atoms with Gasteiger partial charge in [0.05, 0.1) is 0 Å². The number of amides is 1. The van der Waals surface area contributed by atoms with Crippen LogP contribution >= 0.6 is 0 Å². The Hall–Kier alpha value is -1.31. The van der Waals surface area contributed by atoms with Gasteiger partial charge in [-0.1, -0.05) is 30.3 Å². The van der Waals surface area contributed by atoms with Gasteiger partial charge in [0.2, 0.25) is 5.91 Å². The number of carbonyl (C=O) groups is 1. The van der Waals surface area contributed by atoms with Crippen molar-refractivity contribution < 1.29 is 4.79 Å². The van der Waals surface area contributed by atoms with Crippen molar-refractivity contribution in [2.24, 2.45) is 0 Å². The van der Waals surface area contributed by atoms with Crippen molar-refractivity contribution in [2.45, 2.75) is 25.7 Å². The predicted octanol–water partition coefficient (Wildman–Crippen LogP) is 2.45. The summed E-state index contributed by atoms with van der Waals surface area (Å²) in [5.41, 5.74) is 1.25. The summed E-state index contributed by atoms with van der Waals surface area (Å²) in [4.78, 5) is 13.8. The van der Waals surface area contributed by atoms with Gasteiger partial charge in [-0.15, -0.1) is 0 Å². The van der Waals surface area contributed by atoms with E-state index in [4.69, 9.17) is 0 Å². The van der Waals surface area contributed by atoms with Gasteiger partial charge < -0.3 is 4.90 Å². The molecule has 1 amide bonds. The zero-order valence-corrected chi connectivity index (χ0v) is 9.56. The van der Waals surface area contributed by atoms with Gasteiger partial charge in [0.1, 0.15) is 0 Å². The molecule has 1 heterocycles. The number of hydrogen-bond donors (Lipinski definition) is 0. The molecule has 0 N–H and O–H groups in total. The smallest absolute Gasteiger partial charge is 0.222 e. The van der Waals surface area contributed by atoms with E-state index in [9.17, 15) is 4.79 Å². The third-order valence-corrected chi connectivity index (χ3v) is 3.01. The summed E-state index contributed by atoms with van der Waals surface area (Å²) in [6, 6.07) is 10.2. The Labute approximate surface area is 97.3 Å². The SMILES string of the molecule is O=C(CCc1ccccc1)N1C[CH]CCC1. The number of nitrogens with zero attached hydrogens (tertiary/aromatic N) is 1. The number of likely N-dealkylation sites (tertiary alicyclic amines) is 1. The lowest BCUT2D eigenvalue weighted by molar-refractivity contribution is -0.131. The van der Waals surface area contributed by atoms with Crippen LogP contribution in [-0.4, -0.2) is 23.9 Å². The fourth-order valence-corrected chi connectivity index (χ4v) is 2.05. The van der Waals surface area contributed by atoms with E-state index in [-0.39, 0.29) is 0 Å². The maximum atomic E-state index is 11.9. The number of benzene rings is 1. The average Bonchev–Trinajstić information content (AvgIpc) is 2.38. The highest BCUT2D eigenvalue weighted by molar-refractivity contribution is 5.76. The summed E-state index contributed by atoms with van der Waals surface area (Å²) in [6.45, 7) is 1.78. The van der Waals surface area contributed by atoms with Gasteiger partial charge in [-0.25, -0.2) is 0 Å². The Morgan fingerprint density at radius 3 is 2.75 bits per heavy atom. The molecule has 0 unspecified atom stereocenters. The Balaban J connectivity index is 1.79. The van der Waals surface area contributed by atoms with Crippen LogP contribution in [0.4, 0.5) is 0 Å². The number of hydrogen-bond acceptors (Lipinski definition) is 1. The number of aryl methyl sites for hydroxylation is 1. The van der Waals surface area contributed by atoms with Crippen molar-refractivity contribution >= 4 is 5.91 Å². The predicted molar refractivity (Wildman–Crippen MR) is 64.9 cm³/mol. The van der Waals surface area contributed by atoms with Gasteiger partial charge in [-0.3, -0.25) is 4.79 Å². The first kappa shape index (κ1) is 11.2. The van der Waals surface area contributed by atoms with Crippen LogP contribution < -0.4 is 0 Å². The van der Waals surface area contributed by atoms with Gasteiger partial charge in [0.25, 0.3) is 0 Å². The standard InChI is InChI=1S/C14H18NO/c16-14(15-11-5-2-6-12-15)10-9-13-7-3-1-4-8-13/h1,3-5,7-8H,2,6,9-12H2. The second kappa shape index (κ2) is 5.69. The lowest BCUT2D eigenvalue weighted by Crippen LogP contribution is -2.35. The molecule has 1 aromatic rings. The zero-order chi connectivity index (χ0) is 11.2. The van der Waals surface area contributed by atoms with Crippen LogP contribution in [0.25, 0.3) is 0 Å².